The summed E-state index contributed by atoms with van der Waals surface area (Å²) >= 11 is 0. The van der Waals surface area contributed by atoms with Gasteiger partial charge in [0.1, 0.15) is 11.5 Å². The van der Waals surface area contributed by atoms with Gasteiger partial charge in [-0.2, -0.15) is 0 Å². The van der Waals surface area contributed by atoms with Crippen LogP contribution in [0.3, 0.4) is 0 Å². The molecule has 0 aromatic heterocycles. The van der Waals surface area contributed by atoms with Crippen LogP contribution in [-0.4, -0.2) is 21.3 Å². The minimum atomic E-state index is -0.981. The van der Waals surface area contributed by atoms with Crippen LogP contribution >= 0.6 is 0 Å². The monoisotopic (exact) mass is 256 g/mol. The second-order valence-corrected chi connectivity index (χ2v) is 3.98. The van der Waals surface area contributed by atoms with E-state index in [1.165, 1.54) is 0 Å². The van der Waals surface area contributed by atoms with Crippen molar-refractivity contribution in [2.75, 3.05) is 0 Å². The first kappa shape index (κ1) is 12.7. The van der Waals surface area contributed by atoms with Crippen molar-refractivity contribution in [2.45, 2.75) is 0 Å². The number of hydrogen-bond donors (Lipinski definition) is 3. The van der Waals surface area contributed by atoms with Crippen molar-refractivity contribution in [1.29, 1.82) is 0 Å². The molecule has 1 aromatic rings. The van der Waals surface area contributed by atoms with Gasteiger partial charge in [-0.15, -0.1) is 0 Å². The molecule has 0 fully saturated rings. The number of rotatable bonds is 2. The molecule has 2 aliphatic rings. The summed E-state index contributed by atoms with van der Waals surface area (Å²) in [4.78, 5) is 9.25. The van der Waals surface area contributed by atoms with Crippen molar-refractivity contribution >= 4 is 5.97 Å². The van der Waals surface area contributed by atoms with E-state index in [0.717, 1.165) is 28.3 Å². The molecule has 19 heavy (non-hydrogen) atoms. The Hall–Kier alpha value is -2.75. The van der Waals surface area contributed by atoms with E-state index in [4.69, 9.17) is 5.11 Å². The van der Waals surface area contributed by atoms with Gasteiger partial charge < -0.3 is 15.3 Å². The number of benzene rings is 2. The number of aliphatic carboxylic acids is 1. The average molecular weight is 256 g/mol. The highest BCUT2D eigenvalue weighted by Gasteiger charge is 2.26. The molecule has 3 rings (SSSR count). The maximum atomic E-state index is 9.63. The molecule has 0 heterocycles. The summed E-state index contributed by atoms with van der Waals surface area (Å²) in [5.41, 5.74) is 3.74. The van der Waals surface area contributed by atoms with Crippen LogP contribution in [0.5, 0.6) is 11.5 Å². The second-order valence-electron chi connectivity index (χ2n) is 3.98. The summed E-state index contributed by atoms with van der Waals surface area (Å²) in [5.74, 6) is -0.418. The van der Waals surface area contributed by atoms with Gasteiger partial charge in [0.25, 0.3) is 0 Å². The van der Waals surface area contributed by atoms with Crippen molar-refractivity contribution in [3.05, 3.63) is 49.1 Å². The molecule has 0 radical (unpaired) electrons. The maximum Gasteiger partial charge on any atom is 0.327 e. The van der Waals surface area contributed by atoms with Crippen molar-refractivity contribution in [3.63, 3.8) is 0 Å². The van der Waals surface area contributed by atoms with Crippen LogP contribution in [0.4, 0.5) is 0 Å². The topological polar surface area (TPSA) is 77.8 Å². The Morgan fingerprint density at radius 1 is 1.11 bits per heavy atom. The van der Waals surface area contributed by atoms with Crippen LogP contribution in [0.1, 0.15) is 0 Å². The van der Waals surface area contributed by atoms with Gasteiger partial charge in [0.2, 0.25) is 0 Å². The number of phenols is 2. The molecule has 4 nitrogen and oxygen atoms in total. The predicted molar refractivity (Wildman–Crippen MR) is 72.0 cm³/mol. The number of phenolic OH excluding ortho intramolecular Hbond substituents is 2. The standard InChI is InChI=1S/C12H8O2.C3H4O2/c13-8-3-1-2-7(6-8)11-9-4-5-10(9)12(11)14;1-2-3(4)5/h1-6,13-14H;2H,1H2,(H,4,5). The Kier molecular flexibility index (Phi) is 3.25. The third-order valence-corrected chi connectivity index (χ3v) is 2.78. The summed E-state index contributed by atoms with van der Waals surface area (Å²) < 4.78 is 0. The highest BCUT2D eigenvalue weighted by Crippen LogP contribution is 2.54. The Bertz CT molecular complexity index is 659. The third kappa shape index (κ3) is 2.28. The summed E-state index contributed by atoms with van der Waals surface area (Å²) in [6, 6.07) is 10.8. The van der Waals surface area contributed by atoms with Gasteiger partial charge in [-0.05, 0) is 29.3 Å². The summed E-state index contributed by atoms with van der Waals surface area (Å²) in [6.07, 6.45) is 0.833. The van der Waals surface area contributed by atoms with Crippen molar-refractivity contribution in [1.82, 2.24) is 0 Å². The van der Waals surface area contributed by atoms with Crippen LogP contribution in [-0.2, 0) is 4.79 Å². The number of aromatic hydroxyl groups is 2. The smallest absolute Gasteiger partial charge is 0.327 e. The minimum Gasteiger partial charge on any atom is -0.508 e. The molecule has 0 aliphatic heterocycles. The van der Waals surface area contributed by atoms with E-state index in [-0.39, 0.29) is 5.75 Å². The quantitative estimate of drug-likeness (QED) is 0.616. The highest BCUT2D eigenvalue weighted by molar-refractivity contribution is 6.03. The van der Waals surface area contributed by atoms with Gasteiger partial charge in [-0.25, -0.2) is 4.79 Å². The largest absolute Gasteiger partial charge is 0.508 e. The van der Waals surface area contributed by atoms with Crippen molar-refractivity contribution < 1.29 is 20.1 Å². The third-order valence-electron chi connectivity index (χ3n) is 2.78. The van der Waals surface area contributed by atoms with E-state index in [1.807, 2.05) is 18.2 Å². The number of hydrogen-bond acceptors (Lipinski definition) is 3. The van der Waals surface area contributed by atoms with Crippen LogP contribution in [0.2, 0.25) is 0 Å². The maximum absolute atomic E-state index is 9.63. The fourth-order valence-electron chi connectivity index (χ4n) is 1.83. The van der Waals surface area contributed by atoms with Crippen LogP contribution in [0, 0.1) is 0 Å². The first-order valence-corrected chi connectivity index (χ1v) is 5.55. The van der Waals surface area contributed by atoms with E-state index in [2.05, 4.69) is 6.58 Å². The average Bonchev–Trinajstić information content (AvgIpc) is 2.35. The molecule has 0 spiro atoms. The zero-order chi connectivity index (χ0) is 14.0. The first-order valence-electron chi connectivity index (χ1n) is 5.55. The minimum absolute atomic E-state index is 0.222. The lowest BCUT2D eigenvalue weighted by Gasteiger charge is -2.24. The van der Waals surface area contributed by atoms with Gasteiger partial charge >= 0.3 is 5.97 Å². The number of carbonyl (C=O) groups is 1. The van der Waals surface area contributed by atoms with Crippen LogP contribution in [0.25, 0.3) is 22.3 Å². The molecule has 1 aromatic carbocycles. The van der Waals surface area contributed by atoms with Crippen molar-refractivity contribution in [2.24, 2.45) is 0 Å². The molecule has 96 valence electrons. The fourth-order valence-corrected chi connectivity index (χ4v) is 1.83. The molecule has 3 N–H and O–H groups in total. The first-order chi connectivity index (χ1) is 9.04. The normalized spacial score (nSPS) is 10.1. The molecular formula is C15H12O4. The molecule has 0 saturated carbocycles. The number of carboxylic acids is 1. The summed E-state index contributed by atoms with van der Waals surface area (Å²) in [5, 5.41) is 26.5. The Balaban J connectivity index is 0.000000232. The van der Waals surface area contributed by atoms with Crippen molar-refractivity contribution in [3.8, 4) is 33.8 Å². The predicted octanol–water partition coefficient (Wildman–Crippen LogP) is 3.00. The van der Waals surface area contributed by atoms with E-state index >= 15 is 0 Å². The highest BCUT2D eigenvalue weighted by atomic mass is 16.4. The molecule has 0 atom stereocenters. The number of fused-ring (bicyclic) bond motifs is 1. The van der Waals surface area contributed by atoms with Crippen LogP contribution in [0.15, 0.2) is 49.1 Å². The Labute approximate surface area is 109 Å². The fraction of sp³-hybridized carbons (Fsp3) is 0. The van der Waals surface area contributed by atoms with Gasteiger partial charge in [-0.1, -0.05) is 24.8 Å². The zero-order valence-electron chi connectivity index (χ0n) is 10.00. The molecular weight excluding hydrogens is 244 g/mol. The van der Waals surface area contributed by atoms with E-state index in [9.17, 15) is 15.0 Å². The lowest BCUT2D eigenvalue weighted by atomic mass is 9.81. The van der Waals surface area contributed by atoms with Gasteiger partial charge in [0.05, 0.1) is 0 Å². The van der Waals surface area contributed by atoms with Gasteiger partial charge in [-0.3, -0.25) is 0 Å². The Morgan fingerprint density at radius 3 is 2.16 bits per heavy atom. The lowest BCUT2D eigenvalue weighted by molar-refractivity contribution is -0.131. The van der Waals surface area contributed by atoms with Gasteiger partial charge in [0, 0.05) is 17.2 Å². The van der Waals surface area contributed by atoms with E-state index in [1.54, 1.807) is 18.2 Å². The van der Waals surface area contributed by atoms with E-state index in [0.29, 0.717) is 5.75 Å². The van der Waals surface area contributed by atoms with Gasteiger partial charge in [0.15, 0.2) is 0 Å². The van der Waals surface area contributed by atoms with Crippen LogP contribution < -0.4 is 0 Å². The second kappa shape index (κ2) is 4.86. The number of carboxylic acid groups (broad SMARTS) is 1. The molecule has 0 saturated heterocycles. The summed E-state index contributed by atoms with van der Waals surface area (Å²) in [6.45, 7) is 2.96. The molecule has 2 aliphatic carbocycles. The molecule has 0 unspecified atom stereocenters. The SMILES string of the molecule is C=CC(=O)O.Oc1cccc(-c2c3ccc-3c2O)c1. The summed E-state index contributed by atoms with van der Waals surface area (Å²) in [7, 11) is 0. The molecule has 0 bridgehead atoms. The Morgan fingerprint density at radius 2 is 1.74 bits per heavy atom. The molecule has 0 amide bonds. The molecule has 4 heteroatoms. The lowest BCUT2D eigenvalue weighted by Crippen LogP contribution is -1.97. The zero-order valence-corrected chi connectivity index (χ0v) is 10.00. The van der Waals surface area contributed by atoms with E-state index < -0.39 is 5.97 Å².